The molecule has 5 rings (SSSR count). The van der Waals surface area contributed by atoms with Crippen LogP contribution in [-0.2, 0) is 21.2 Å². The Morgan fingerprint density at radius 2 is 1.82 bits per heavy atom. The Bertz CT molecular complexity index is 1380. The lowest BCUT2D eigenvalue weighted by Crippen LogP contribution is -2.15. The predicted molar refractivity (Wildman–Crippen MR) is 125 cm³/mol. The average Bonchev–Trinajstić information content (AvgIpc) is 3.28. The van der Waals surface area contributed by atoms with Crippen LogP contribution in [0.5, 0.6) is 11.5 Å². The number of thiazole rings is 1. The first kappa shape index (κ1) is 21.3. The third kappa shape index (κ3) is 4.78. The lowest BCUT2D eigenvalue weighted by molar-refractivity contribution is -0.115. The van der Waals surface area contributed by atoms with E-state index in [1.165, 1.54) is 23.5 Å². The maximum absolute atomic E-state index is 12.8. The number of hydrogen-bond acceptors (Lipinski definition) is 7. The topological polar surface area (TPSA) is 111 Å². The first-order valence-corrected chi connectivity index (χ1v) is 12.6. The molecule has 0 bridgehead atoms. The highest BCUT2D eigenvalue weighted by molar-refractivity contribution is 7.92. The van der Waals surface area contributed by atoms with Gasteiger partial charge in [0, 0.05) is 41.6 Å². The first-order chi connectivity index (χ1) is 16.0. The van der Waals surface area contributed by atoms with Crippen LogP contribution in [0.25, 0.3) is 4.96 Å². The molecule has 0 radical (unpaired) electrons. The van der Waals surface area contributed by atoms with Crippen molar-refractivity contribution in [1.29, 1.82) is 0 Å². The van der Waals surface area contributed by atoms with Crippen molar-refractivity contribution in [2.45, 2.75) is 17.7 Å². The number of rotatable bonds is 6. The van der Waals surface area contributed by atoms with E-state index >= 15 is 0 Å². The number of anilines is 2. The van der Waals surface area contributed by atoms with Crippen molar-refractivity contribution in [2.24, 2.45) is 0 Å². The van der Waals surface area contributed by atoms with Crippen LogP contribution in [0.1, 0.15) is 12.1 Å². The molecule has 0 unspecified atom stereocenters. The summed E-state index contributed by atoms with van der Waals surface area (Å²) in [6.07, 6.45) is 4.59. The van der Waals surface area contributed by atoms with E-state index in [9.17, 15) is 13.2 Å². The number of carbonyl (C=O) groups excluding carboxylic acids is 1. The molecule has 0 saturated heterocycles. The smallest absolute Gasteiger partial charge is 0.262 e. The van der Waals surface area contributed by atoms with Crippen molar-refractivity contribution in [3.05, 3.63) is 65.9 Å². The maximum Gasteiger partial charge on any atom is 0.262 e. The van der Waals surface area contributed by atoms with Gasteiger partial charge in [0.2, 0.25) is 5.91 Å². The minimum atomic E-state index is -3.83. The van der Waals surface area contributed by atoms with E-state index in [1.807, 2.05) is 22.2 Å². The zero-order chi connectivity index (χ0) is 22.8. The van der Waals surface area contributed by atoms with Gasteiger partial charge in [0.15, 0.2) is 16.5 Å². The highest BCUT2D eigenvalue weighted by atomic mass is 32.2. The fourth-order valence-electron chi connectivity index (χ4n) is 3.38. The van der Waals surface area contributed by atoms with Gasteiger partial charge in [-0.25, -0.2) is 13.4 Å². The number of nitrogens with zero attached hydrogens (tertiary/aromatic N) is 2. The molecule has 1 aliphatic rings. The number of amides is 1. The number of aromatic nitrogens is 2. The Labute approximate surface area is 194 Å². The summed E-state index contributed by atoms with van der Waals surface area (Å²) in [6.45, 7) is 0.997. The van der Waals surface area contributed by atoms with Crippen LogP contribution in [0.2, 0.25) is 0 Å². The zero-order valence-corrected chi connectivity index (χ0v) is 19.0. The van der Waals surface area contributed by atoms with Crippen LogP contribution in [0, 0.1) is 0 Å². The summed E-state index contributed by atoms with van der Waals surface area (Å²) in [4.78, 5) is 17.6. The number of fused-ring (bicyclic) bond motifs is 2. The summed E-state index contributed by atoms with van der Waals surface area (Å²) in [5, 5.41) is 4.72. The molecule has 0 fully saturated rings. The number of ether oxygens (including phenoxy) is 2. The highest BCUT2D eigenvalue weighted by Gasteiger charge is 2.19. The number of nitrogens with one attached hydrogen (secondary N) is 2. The van der Waals surface area contributed by atoms with Gasteiger partial charge in [0.05, 0.1) is 30.2 Å². The molecule has 0 saturated carbocycles. The van der Waals surface area contributed by atoms with E-state index in [0.29, 0.717) is 41.8 Å². The lowest BCUT2D eigenvalue weighted by Gasteiger charge is -2.12. The van der Waals surface area contributed by atoms with Crippen molar-refractivity contribution in [3.63, 3.8) is 0 Å². The lowest BCUT2D eigenvalue weighted by atomic mass is 10.2. The van der Waals surface area contributed by atoms with Crippen LogP contribution in [0.15, 0.2) is 65.1 Å². The van der Waals surface area contributed by atoms with E-state index in [4.69, 9.17) is 9.47 Å². The minimum absolute atomic E-state index is 0.0732. The molecule has 0 atom stereocenters. The van der Waals surface area contributed by atoms with Crippen LogP contribution in [0.4, 0.5) is 11.4 Å². The molecular formula is C22H20N4O5S2. The fourth-order valence-corrected chi connectivity index (χ4v) is 5.17. The third-order valence-electron chi connectivity index (χ3n) is 4.93. The third-order valence-corrected chi connectivity index (χ3v) is 7.08. The van der Waals surface area contributed by atoms with Gasteiger partial charge < -0.3 is 14.8 Å². The Morgan fingerprint density at radius 3 is 2.61 bits per heavy atom. The average molecular weight is 485 g/mol. The zero-order valence-electron chi connectivity index (χ0n) is 17.4. The Balaban J connectivity index is 1.23. The molecule has 170 valence electrons. The van der Waals surface area contributed by atoms with Gasteiger partial charge >= 0.3 is 0 Å². The molecule has 2 N–H and O–H groups in total. The van der Waals surface area contributed by atoms with Gasteiger partial charge in [-0.15, -0.1) is 11.3 Å². The molecule has 1 aliphatic heterocycles. The summed E-state index contributed by atoms with van der Waals surface area (Å²) in [5.41, 5.74) is 1.60. The van der Waals surface area contributed by atoms with E-state index in [2.05, 4.69) is 15.0 Å². The normalized spacial score (nSPS) is 13.5. The molecule has 4 aromatic rings. The molecule has 2 aromatic carbocycles. The van der Waals surface area contributed by atoms with Crippen LogP contribution in [-0.4, -0.2) is 36.9 Å². The van der Waals surface area contributed by atoms with Crippen LogP contribution in [0.3, 0.4) is 0 Å². The second-order valence-corrected chi connectivity index (χ2v) is 9.95. The second kappa shape index (κ2) is 8.75. The molecule has 0 aliphatic carbocycles. The van der Waals surface area contributed by atoms with Crippen molar-refractivity contribution >= 4 is 43.6 Å². The van der Waals surface area contributed by atoms with Gasteiger partial charge in [0.25, 0.3) is 10.0 Å². The highest BCUT2D eigenvalue weighted by Crippen LogP contribution is 2.32. The fraction of sp³-hybridized carbons (Fsp3) is 0.182. The van der Waals surface area contributed by atoms with Crippen molar-refractivity contribution in [3.8, 4) is 11.5 Å². The minimum Gasteiger partial charge on any atom is -0.490 e. The Morgan fingerprint density at radius 1 is 1.06 bits per heavy atom. The summed E-state index contributed by atoms with van der Waals surface area (Å²) < 4.78 is 41.2. The second-order valence-electron chi connectivity index (χ2n) is 7.39. The molecule has 9 nitrogen and oxygen atoms in total. The van der Waals surface area contributed by atoms with E-state index in [0.717, 1.165) is 11.4 Å². The molecular weight excluding hydrogens is 464 g/mol. The molecule has 2 aromatic heterocycles. The van der Waals surface area contributed by atoms with Gasteiger partial charge in [-0.05, 0) is 36.4 Å². The number of sulfonamides is 1. The summed E-state index contributed by atoms with van der Waals surface area (Å²) in [7, 11) is -3.83. The van der Waals surface area contributed by atoms with Gasteiger partial charge in [-0.1, -0.05) is 0 Å². The molecule has 3 heterocycles. The summed E-state index contributed by atoms with van der Waals surface area (Å²) >= 11 is 1.50. The number of imidazole rings is 1. The van der Waals surface area contributed by atoms with E-state index in [1.54, 1.807) is 30.3 Å². The van der Waals surface area contributed by atoms with Crippen LogP contribution < -0.4 is 19.5 Å². The van der Waals surface area contributed by atoms with Crippen molar-refractivity contribution in [2.75, 3.05) is 23.3 Å². The number of hydrogen-bond donors (Lipinski definition) is 2. The number of benzene rings is 2. The molecule has 1 amide bonds. The van der Waals surface area contributed by atoms with Gasteiger partial charge in [-0.3, -0.25) is 13.9 Å². The standard InChI is InChI=1S/C22H20N4O5S2/c27-21(12-17-14-26-8-11-32-22(26)24-17)23-15-2-4-16(5-3-15)25-33(28,29)18-6-7-19-20(13-18)31-10-1-9-30-19/h2-8,11,13-14,25H,1,9-10,12H2,(H,23,27). The first-order valence-electron chi connectivity index (χ1n) is 10.2. The Hall–Kier alpha value is -3.57. The van der Waals surface area contributed by atoms with E-state index in [-0.39, 0.29) is 17.2 Å². The quantitative estimate of drug-likeness (QED) is 0.433. The largest absolute Gasteiger partial charge is 0.490 e. The summed E-state index contributed by atoms with van der Waals surface area (Å²) in [6, 6.07) is 11.0. The number of carbonyl (C=O) groups is 1. The monoisotopic (exact) mass is 484 g/mol. The predicted octanol–water partition coefficient (Wildman–Crippen LogP) is 3.54. The van der Waals surface area contributed by atoms with Crippen molar-refractivity contribution in [1.82, 2.24) is 9.38 Å². The Kier molecular flexibility index (Phi) is 5.65. The molecule has 11 heteroatoms. The summed E-state index contributed by atoms with van der Waals surface area (Å²) in [5.74, 6) is 0.731. The molecule has 0 spiro atoms. The SMILES string of the molecule is O=C(Cc1cn2ccsc2n1)Nc1ccc(NS(=O)(=O)c2ccc3c(c2)OCCCO3)cc1. The van der Waals surface area contributed by atoms with Crippen LogP contribution >= 0.6 is 11.3 Å². The molecule has 33 heavy (non-hydrogen) atoms. The van der Waals surface area contributed by atoms with Gasteiger partial charge in [0.1, 0.15) is 0 Å². The van der Waals surface area contributed by atoms with E-state index < -0.39 is 10.0 Å². The maximum atomic E-state index is 12.8. The van der Waals surface area contributed by atoms with Crippen molar-refractivity contribution < 1.29 is 22.7 Å². The van der Waals surface area contributed by atoms with Gasteiger partial charge in [-0.2, -0.15) is 0 Å².